The van der Waals surface area contributed by atoms with Crippen LogP contribution in [0.3, 0.4) is 0 Å². The average molecular weight is 414 g/mol. The number of rotatable bonds is 6. The molecule has 0 bridgehead atoms. The van der Waals surface area contributed by atoms with E-state index in [0.29, 0.717) is 23.0 Å². The van der Waals surface area contributed by atoms with Crippen molar-refractivity contribution in [2.75, 3.05) is 19.5 Å². The van der Waals surface area contributed by atoms with Gasteiger partial charge in [0, 0.05) is 11.6 Å². The van der Waals surface area contributed by atoms with Gasteiger partial charge in [0.25, 0.3) is 5.91 Å². The summed E-state index contributed by atoms with van der Waals surface area (Å²) in [5, 5.41) is 7.32. The zero-order chi connectivity index (χ0) is 21.8. The molecule has 1 aromatic heterocycles. The van der Waals surface area contributed by atoms with E-state index in [9.17, 15) is 4.79 Å². The zero-order valence-corrected chi connectivity index (χ0v) is 17.5. The summed E-state index contributed by atoms with van der Waals surface area (Å²) >= 11 is 0. The molecule has 1 heterocycles. The first-order valence-corrected chi connectivity index (χ1v) is 9.72. The van der Waals surface area contributed by atoms with E-state index in [0.717, 1.165) is 16.8 Å². The van der Waals surface area contributed by atoms with Crippen LogP contribution in [0, 0.1) is 6.92 Å². The van der Waals surface area contributed by atoms with Crippen molar-refractivity contribution in [3.8, 4) is 28.6 Å². The summed E-state index contributed by atoms with van der Waals surface area (Å²) in [5.41, 5.74) is 3.28. The second-order valence-electron chi connectivity index (χ2n) is 6.89. The minimum atomic E-state index is -0.449. The summed E-state index contributed by atoms with van der Waals surface area (Å²) in [4.78, 5) is 17.6. The Hall–Kier alpha value is -4.13. The predicted octanol–water partition coefficient (Wildman–Crippen LogP) is 4.51. The molecule has 1 N–H and O–H groups in total. The van der Waals surface area contributed by atoms with Gasteiger partial charge in [-0.3, -0.25) is 4.79 Å². The van der Waals surface area contributed by atoms with Gasteiger partial charge in [0.1, 0.15) is 11.5 Å². The quantitative estimate of drug-likeness (QED) is 0.502. The molecule has 0 saturated carbocycles. The Kier molecular flexibility index (Phi) is 5.66. The Morgan fingerprint density at radius 1 is 0.935 bits per heavy atom. The molecule has 0 aliphatic rings. The maximum absolute atomic E-state index is 13.0. The summed E-state index contributed by atoms with van der Waals surface area (Å²) in [6.07, 6.45) is 0. The molecule has 0 spiro atoms. The van der Waals surface area contributed by atoms with Gasteiger partial charge in [-0.25, -0.2) is 9.67 Å². The summed E-state index contributed by atoms with van der Waals surface area (Å²) in [6, 6.07) is 22.7. The number of ether oxygens (including phenoxy) is 2. The minimum absolute atomic E-state index is 0.0456. The summed E-state index contributed by atoms with van der Waals surface area (Å²) < 4.78 is 12.3. The standard InChI is InChI=1S/C24H22N4O3/c1-16-9-11-17(12-10-16)23-26-22(27-28(23)18-7-5-4-6-8-18)24(29)25-20-15-19(30-2)13-14-21(20)31-3/h4-15H,1-3H3,(H,25,29). The van der Waals surface area contributed by atoms with Crippen molar-refractivity contribution in [1.82, 2.24) is 14.8 Å². The molecule has 1 amide bonds. The molecule has 7 nitrogen and oxygen atoms in total. The highest BCUT2D eigenvalue weighted by Gasteiger charge is 2.20. The Bertz CT molecular complexity index is 1200. The number of nitrogens with zero attached hydrogens (tertiary/aromatic N) is 3. The van der Waals surface area contributed by atoms with Crippen LogP contribution >= 0.6 is 0 Å². The average Bonchev–Trinajstić information content (AvgIpc) is 3.26. The topological polar surface area (TPSA) is 78.3 Å². The van der Waals surface area contributed by atoms with Crippen LogP contribution in [-0.4, -0.2) is 34.9 Å². The maximum atomic E-state index is 13.0. The largest absolute Gasteiger partial charge is 0.497 e. The third-order valence-corrected chi connectivity index (χ3v) is 4.78. The number of anilines is 1. The second-order valence-corrected chi connectivity index (χ2v) is 6.89. The van der Waals surface area contributed by atoms with Crippen molar-refractivity contribution in [3.63, 3.8) is 0 Å². The van der Waals surface area contributed by atoms with Gasteiger partial charge in [-0.05, 0) is 31.2 Å². The first kappa shape index (κ1) is 20.2. The summed E-state index contributed by atoms with van der Waals surface area (Å²) in [6.45, 7) is 2.02. The third-order valence-electron chi connectivity index (χ3n) is 4.78. The lowest BCUT2D eigenvalue weighted by Crippen LogP contribution is -2.15. The van der Waals surface area contributed by atoms with E-state index in [1.165, 1.54) is 7.11 Å². The Balaban J connectivity index is 1.74. The van der Waals surface area contributed by atoms with Gasteiger partial charge in [0.15, 0.2) is 5.82 Å². The van der Waals surface area contributed by atoms with Gasteiger partial charge in [0.05, 0.1) is 25.6 Å². The minimum Gasteiger partial charge on any atom is -0.497 e. The monoisotopic (exact) mass is 414 g/mol. The Morgan fingerprint density at radius 3 is 2.35 bits per heavy atom. The van der Waals surface area contributed by atoms with Gasteiger partial charge in [0.2, 0.25) is 5.82 Å². The summed E-state index contributed by atoms with van der Waals surface area (Å²) in [7, 11) is 3.10. The molecule has 0 aliphatic heterocycles. The van der Waals surface area contributed by atoms with E-state index in [1.807, 2.05) is 61.5 Å². The number of carbonyl (C=O) groups excluding carboxylic acids is 1. The van der Waals surface area contributed by atoms with Gasteiger partial charge in [-0.15, -0.1) is 5.10 Å². The van der Waals surface area contributed by atoms with Gasteiger partial charge in [-0.2, -0.15) is 0 Å². The number of benzene rings is 3. The van der Waals surface area contributed by atoms with E-state index < -0.39 is 5.91 Å². The van der Waals surface area contributed by atoms with E-state index in [-0.39, 0.29) is 5.82 Å². The lowest BCUT2D eigenvalue weighted by molar-refractivity contribution is 0.101. The van der Waals surface area contributed by atoms with Crippen molar-refractivity contribution in [3.05, 3.63) is 84.2 Å². The Labute approximate surface area is 180 Å². The molecule has 4 aromatic rings. The Morgan fingerprint density at radius 2 is 1.68 bits per heavy atom. The van der Waals surface area contributed by atoms with Crippen LogP contribution in [0.2, 0.25) is 0 Å². The fourth-order valence-electron chi connectivity index (χ4n) is 3.14. The van der Waals surface area contributed by atoms with Crippen LogP contribution in [0.1, 0.15) is 16.2 Å². The van der Waals surface area contributed by atoms with Crippen molar-refractivity contribution in [1.29, 1.82) is 0 Å². The predicted molar refractivity (Wildman–Crippen MR) is 119 cm³/mol. The van der Waals surface area contributed by atoms with Crippen LogP contribution in [0.25, 0.3) is 17.1 Å². The van der Waals surface area contributed by atoms with Crippen LogP contribution < -0.4 is 14.8 Å². The number of nitrogens with one attached hydrogen (secondary N) is 1. The van der Waals surface area contributed by atoms with Crippen molar-refractivity contribution in [2.24, 2.45) is 0 Å². The first-order chi connectivity index (χ1) is 15.1. The van der Waals surface area contributed by atoms with Crippen LogP contribution in [0.5, 0.6) is 11.5 Å². The zero-order valence-electron chi connectivity index (χ0n) is 17.5. The third kappa shape index (κ3) is 4.25. The molecule has 156 valence electrons. The number of hydrogen-bond donors (Lipinski definition) is 1. The number of aryl methyl sites for hydroxylation is 1. The number of hydrogen-bond acceptors (Lipinski definition) is 5. The number of carbonyl (C=O) groups is 1. The fourth-order valence-corrected chi connectivity index (χ4v) is 3.14. The van der Waals surface area contributed by atoms with Crippen LogP contribution in [0.4, 0.5) is 5.69 Å². The van der Waals surface area contributed by atoms with E-state index in [2.05, 4.69) is 15.4 Å². The molecular formula is C24H22N4O3. The van der Waals surface area contributed by atoms with Gasteiger partial charge < -0.3 is 14.8 Å². The van der Waals surface area contributed by atoms with Crippen LogP contribution in [0.15, 0.2) is 72.8 Å². The molecule has 3 aromatic carbocycles. The normalized spacial score (nSPS) is 10.5. The van der Waals surface area contributed by atoms with Gasteiger partial charge in [-0.1, -0.05) is 48.0 Å². The molecule has 4 rings (SSSR count). The number of methoxy groups -OCH3 is 2. The van der Waals surface area contributed by atoms with Crippen molar-refractivity contribution < 1.29 is 14.3 Å². The number of amides is 1. The number of para-hydroxylation sites is 1. The summed E-state index contributed by atoms with van der Waals surface area (Å²) in [5.74, 6) is 1.28. The van der Waals surface area contributed by atoms with E-state index in [4.69, 9.17) is 9.47 Å². The van der Waals surface area contributed by atoms with E-state index >= 15 is 0 Å². The lowest BCUT2D eigenvalue weighted by Gasteiger charge is -2.10. The van der Waals surface area contributed by atoms with Crippen molar-refractivity contribution in [2.45, 2.75) is 6.92 Å². The molecule has 0 aliphatic carbocycles. The molecular weight excluding hydrogens is 392 g/mol. The molecule has 0 atom stereocenters. The van der Waals surface area contributed by atoms with E-state index in [1.54, 1.807) is 30.0 Å². The maximum Gasteiger partial charge on any atom is 0.295 e. The van der Waals surface area contributed by atoms with Gasteiger partial charge >= 0.3 is 0 Å². The highest BCUT2D eigenvalue weighted by molar-refractivity contribution is 6.02. The highest BCUT2D eigenvalue weighted by atomic mass is 16.5. The number of aromatic nitrogens is 3. The molecule has 31 heavy (non-hydrogen) atoms. The first-order valence-electron chi connectivity index (χ1n) is 9.72. The molecule has 0 unspecified atom stereocenters. The molecule has 7 heteroatoms. The molecule has 0 radical (unpaired) electrons. The molecule has 0 saturated heterocycles. The molecule has 0 fully saturated rings. The SMILES string of the molecule is COc1ccc(OC)c(NC(=O)c2nc(-c3ccc(C)cc3)n(-c3ccccc3)n2)c1. The smallest absolute Gasteiger partial charge is 0.295 e. The second kappa shape index (κ2) is 8.71. The van der Waals surface area contributed by atoms with Crippen LogP contribution in [-0.2, 0) is 0 Å². The highest BCUT2D eigenvalue weighted by Crippen LogP contribution is 2.29. The van der Waals surface area contributed by atoms with Crippen molar-refractivity contribution >= 4 is 11.6 Å². The lowest BCUT2D eigenvalue weighted by atomic mass is 10.1. The fraction of sp³-hybridized carbons (Fsp3) is 0.125.